The average Bonchev–Trinajstić information content (AvgIpc) is 3.11. The van der Waals surface area contributed by atoms with Gasteiger partial charge in [0.2, 0.25) is 0 Å². The average molecular weight is 390 g/mol. The molecule has 0 radical (unpaired) electrons. The number of nitrogens with zero attached hydrogens (tertiary/aromatic N) is 6. The molecule has 29 heavy (non-hydrogen) atoms. The molecule has 4 aromatic rings. The first-order chi connectivity index (χ1) is 13.9. The topological polar surface area (TPSA) is 86.0 Å². The predicted molar refractivity (Wildman–Crippen MR) is 112 cm³/mol. The summed E-state index contributed by atoms with van der Waals surface area (Å²) in [6.07, 6.45) is 0. The summed E-state index contributed by atoms with van der Waals surface area (Å²) in [6.45, 7) is 4.18. The van der Waals surface area contributed by atoms with E-state index in [0.717, 1.165) is 28.1 Å². The molecule has 2 aromatic carbocycles. The van der Waals surface area contributed by atoms with Crippen molar-refractivity contribution in [2.45, 2.75) is 19.9 Å². The van der Waals surface area contributed by atoms with Gasteiger partial charge in [0.05, 0.1) is 29.2 Å². The Morgan fingerprint density at radius 2 is 1.86 bits per heavy atom. The quantitative estimate of drug-likeness (QED) is 0.495. The Labute approximate surface area is 168 Å². The van der Waals surface area contributed by atoms with E-state index < -0.39 is 5.97 Å². The number of carbonyl (C=O) groups is 1. The molecule has 0 N–H and O–H groups in total. The number of carbonyl (C=O) groups excluding carboxylic acids is 1. The first-order valence-electron chi connectivity index (χ1n) is 9.32. The first-order valence-corrected chi connectivity index (χ1v) is 9.32. The molecule has 0 aliphatic carbocycles. The molecule has 0 saturated carbocycles. The van der Waals surface area contributed by atoms with E-state index in [9.17, 15) is 4.79 Å². The largest absolute Gasteiger partial charge is 0.465 e. The summed E-state index contributed by atoms with van der Waals surface area (Å²) in [4.78, 5) is 23.7. The van der Waals surface area contributed by atoms with Crippen LogP contribution in [0, 0.1) is 0 Å². The van der Waals surface area contributed by atoms with E-state index in [2.05, 4.69) is 29.1 Å². The molecule has 2 aromatic heterocycles. The zero-order chi connectivity index (χ0) is 20.7. The third kappa shape index (κ3) is 3.26. The minimum atomic E-state index is -0.398. The maximum atomic E-state index is 11.9. The van der Waals surface area contributed by atoms with Gasteiger partial charge >= 0.3 is 5.97 Å². The lowest BCUT2D eigenvalue weighted by Crippen LogP contribution is -2.27. The lowest BCUT2D eigenvalue weighted by Gasteiger charge is -2.25. The second-order valence-corrected chi connectivity index (χ2v) is 7.21. The molecule has 0 bridgehead atoms. The lowest BCUT2D eigenvalue weighted by atomic mass is 10.1. The van der Waals surface area contributed by atoms with Gasteiger partial charge in [-0.3, -0.25) is 0 Å². The molecule has 8 heteroatoms. The van der Waals surface area contributed by atoms with Crippen molar-refractivity contribution in [1.29, 1.82) is 0 Å². The molecule has 148 valence electrons. The van der Waals surface area contributed by atoms with E-state index in [1.165, 1.54) is 7.11 Å². The van der Waals surface area contributed by atoms with Crippen LogP contribution in [-0.4, -0.2) is 51.1 Å². The van der Waals surface area contributed by atoms with Crippen LogP contribution in [0.3, 0.4) is 0 Å². The van der Waals surface area contributed by atoms with Crippen LogP contribution in [0.15, 0.2) is 36.4 Å². The van der Waals surface area contributed by atoms with Gasteiger partial charge in [0.25, 0.3) is 0 Å². The number of fused-ring (bicyclic) bond motifs is 2. The fraction of sp³-hybridized carbons (Fsp3) is 0.286. The standard InChI is InChI=1S/C21H22N6O2/c1-12(2)26(3)20-19(13-7-9-18-17(10-13)24-25-27(18)4)22-15-8-6-14(21(28)29-5)11-16(15)23-20/h6-12H,1-5H3. The Morgan fingerprint density at radius 1 is 1.07 bits per heavy atom. The Hall–Kier alpha value is -3.55. The molecule has 0 saturated heterocycles. The van der Waals surface area contributed by atoms with Crippen molar-refractivity contribution in [2.24, 2.45) is 7.05 Å². The Kier molecular flexibility index (Phi) is 4.62. The second kappa shape index (κ2) is 7.12. The highest BCUT2D eigenvalue weighted by Crippen LogP contribution is 2.32. The number of hydrogen-bond acceptors (Lipinski definition) is 7. The number of aryl methyl sites for hydroxylation is 1. The van der Waals surface area contributed by atoms with Gasteiger partial charge in [0.15, 0.2) is 5.82 Å². The van der Waals surface area contributed by atoms with Crippen molar-refractivity contribution in [2.75, 3.05) is 19.1 Å². The highest BCUT2D eigenvalue weighted by molar-refractivity contribution is 5.95. The van der Waals surface area contributed by atoms with Gasteiger partial charge in [0.1, 0.15) is 11.2 Å². The molecule has 0 atom stereocenters. The minimum Gasteiger partial charge on any atom is -0.465 e. The van der Waals surface area contributed by atoms with E-state index in [1.54, 1.807) is 22.9 Å². The van der Waals surface area contributed by atoms with Crippen LogP contribution < -0.4 is 4.90 Å². The van der Waals surface area contributed by atoms with Crippen molar-refractivity contribution in [3.8, 4) is 11.3 Å². The summed E-state index contributed by atoms with van der Waals surface area (Å²) < 4.78 is 6.56. The minimum absolute atomic E-state index is 0.213. The molecule has 0 fully saturated rings. The molecule has 0 unspecified atom stereocenters. The van der Waals surface area contributed by atoms with E-state index in [4.69, 9.17) is 14.7 Å². The fourth-order valence-corrected chi connectivity index (χ4v) is 3.16. The molecule has 0 aliphatic heterocycles. The van der Waals surface area contributed by atoms with E-state index in [0.29, 0.717) is 16.6 Å². The predicted octanol–water partition coefficient (Wildman–Crippen LogP) is 3.21. The summed E-state index contributed by atoms with van der Waals surface area (Å²) in [5.41, 5.74) is 5.20. The van der Waals surface area contributed by atoms with Crippen molar-refractivity contribution in [3.63, 3.8) is 0 Å². The molecule has 4 rings (SSSR count). The summed E-state index contributed by atoms with van der Waals surface area (Å²) in [5.74, 6) is 0.336. The van der Waals surface area contributed by atoms with Crippen molar-refractivity contribution in [3.05, 3.63) is 42.0 Å². The third-order valence-corrected chi connectivity index (χ3v) is 5.06. The number of esters is 1. The lowest BCUT2D eigenvalue weighted by molar-refractivity contribution is 0.0601. The first kappa shape index (κ1) is 18.8. The van der Waals surface area contributed by atoms with Crippen LogP contribution in [0.2, 0.25) is 0 Å². The normalized spacial score (nSPS) is 11.4. The Morgan fingerprint density at radius 3 is 2.59 bits per heavy atom. The third-order valence-electron chi connectivity index (χ3n) is 5.06. The monoisotopic (exact) mass is 390 g/mol. The van der Waals surface area contributed by atoms with E-state index >= 15 is 0 Å². The van der Waals surface area contributed by atoms with Crippen molar-refractivity contribution in [1.82, 2.24) is 25.0 Å². The second-order valence-electron chi connectivity index (χ2n) is 7.21. The maximum absolute atomic E-state index is 11.9. The molecule has 0 amide bonds. The number of aromatic nitrogens is 5. The number of anilines is 1. The summed E-state index contributed by atoms with van der Waals surface area (Å²) in [7, 11) is 5.21. The fourth-order valence-electron chi connectivity index (χ4n) is 3.16. The van der Waals surface area contributed by atoms with Crippen LogP contribution in [0.1, 0.15) is 24.2 Å². The highest BCUT2D eigenvalue weighted by atomic mass is 16.5. The summed E-state index contributed by atoms with van der Waals surface area (Å²) in [6, 6.07) is 11.4. The molecule has 2 heterocycles. The van der Waals surface area contributed by atoms with Crippen LogP contribution >= 0.6 is 0 Å². The van der Waals surface area contributed by atoms with Crippen LogP contribution in [0.5, 0.6) is 0 Å². The van der Waals surface area contributed by atoms with Gasteiger partial charge < -0.3 is 9.64 Å². The Balaban J connectivity index is 1.94. The van der Waals surface area contributed by atoms with E-state index in [1.807, 2.05) is 32.3 Å². The SMILES string of the molecule is COC(=O)c1ccc2nc(-c3ccc4c(c3)nnn4C)c(N(C)C(C)C)nc2c1. The zero-order valence-corrected chi connectivity index (χ0v) is 17.0. The number of rotatable bonds is 4. The van der Waals surface area contributed by atoms with E-state index in [-0.39, 0.29) is 6.04 Å². The number of methoxy groups -OCH3 is 1. The molecule has 0 aliphatic rings. The molecule has 8 nitrogen and oxygen atoms in total. The smallest absolute Gasteiger partial charge is 0.337 e. The molecular formula is C21H22N6O2. The number of hydrogen-bond donors (Lipinski definition) is 0. The van der Waals surface area contributed by atoms with Gasteiger partial charge in [-0.1, -0.05) is 11.3 Å². The van der Waals surface area contributed by atoms with Gasteiger partial charge in [-0.25, -0.2) is 19.4 Å². The van der Waals surface area contributed by atoms with Crippen molar-refractivity contribution >= 4 is 33.9 Å². The van der Waals surface area contributed by atoms with Crippen LogP contribution in [0.25, 0.3) is 33.3 Å². The van der Waals surface area contributed by atoms with Crippen LogP contribution in [-0.2, 0) is 11.8 Å². The van der Waals surface area contributed by atoms with Crippen LogP contribution in [0.4, 0.5) is 5.82 Å². The van der Waals surface area contributed by atoms with Gasteiger partial charge in [-0.05, 0) is 44.2 Å². The van der Waals surface area contributed by atoms with Crippen molar-refractivity contribution < 1.29 is 9.53 Å². The van der Waals surface area contributed by atoms with Gasteiger partial charge in [-0.15, -0.1) is 5.10 Å². The zero-order valence-electron chi connectivity index (χ0n) is 17.0. The summed E-state index contributed by atoms with van der Waals surface area (Å²) >= 11 is 0. The molecular weight excluding hydrogens is 368 g/mol. The number of benzene rings is 2. The highest BCUT2D eigenvalue weighted by Gasteiger charge is 2.19. The number of ether oxygens (including phenoxy) is 1. The maximum Gasteiger partial charge on any atom is 0.337 e. The molecule has 0 spiro atoms. The summed E-state index contributed by atoms with van der Waals surface area (Å²) in [5, 5.41) is 8.29. The van der Waals surface area contributed by atoms with Gasteiger partial charge in [-0.2, -0.15) is 0 Å². The Bertz CT molecular complexity index is 1230. The van der Waals surface area contributed by atoms with Gasteiger partial charge in [0, 0.05) is 25.7 Å².